The average Bonchev–Trinajstić information content (AvgIpc) is 2.35. The summed E-state index contributed by atoms with van der Waals surface area (Å²) in [5, 5.41) is 0. The largest absolute Gasteiger partial charge is 0.375 e. The van der Waals surface area contributed by atoms with Crippen molar-refractivity contribution in [1.82, 2.24) is 0 Å². The van der Waals surface area contributed by atoms with Gasteiger partial charge in [-0.2, -0.15) is 0 Å². The van der Waals surface area contributed by atoms with Gasteiger partial charge in [0.2, 0.25) is 0 Å². The van der Waals surface area contributed by atoms with E-state index in [1.165, 1.54) is 32.1 Å². The zero-order valence-corrected chi connectivity index (χ0v) is 8.73. The summed E-state index contributed by atoms with van der Waals surface area (Å²) in [6.45, 7) is 7.83. The van der Waals surface area contributed by atoms with Crippen LogP contribution in [0.15, 0.2) is 0 Å². The molecule has 0 radical (unpaired) electrons. The maximum Gasteiger partial charge on any atom is 0.0655 e. The van der Waals surface area contributed by atoms with Crippen molar-refractivity contribution in [2.24, 2.45) is 5.92 Å². The van der Waals surface area contributed by atoms with E-state index in [2.05, 4.69) is 20.8 Å². The minimum absolute atomic E-state index is 0.231. The van der Waals surface area contributed by atoms with E-state index in [0.717, 1.165) is 12.5 Å². The Kier molecular flexibility index (Phi) is 3.57. The Hall–Kier alpha value is -0.0400. The molecule has 1 fully saturated rings. The topological polar surface area (TPSA) is 9.23 Å². The molecule has 1 nitrogen and oxygen atoms in total. The lowest BCUT2D eigenvalue weighted by Crippen LogP contribution is -2.22. The molecule has 1 aliphatic rings. The molecule has 1 saturated heterocycles. The van der Waals surface area contributed by atoms with Gasteiger partial charge in [-0.3, -0.25) is 0 Å². The van der Waals surface area contributed by atoms with Crippen molar-refractivity contribution in [2.75, 3.05) is 6.61 Å². The summed E-state index contributed by atoms with van der Waals surface area (Å²) in [7, 11) is 0. The summed E-state index contributed by atoms with van der Waals surface area (Å²) in [4.78, 5) is 0. The third-order valence-electron chi connectivity index (χ3n) is 2.79. The van der Waals surface area contributed by atoms with Crippen LogP contribution >= 0.6 is 0 Å². The molecule has 0 bridgehead atoms. The Morgan fingerprint density at radius 1 is 1.42 bits per heavy atom. The van der Waals surface area contributed by atoms with E-state index in [4.69, 9.17) is 4.74 Å². The number of hydrogen-bond donors (Lipinski definition) is 0. The monoisotopic (exact) mass is 170 g/mol. The van der Waals surface area contributed by atoms with Gasteiger partial charge in [-0.05, 0) is 32.1 Å². The lowest BCUT2D eigenvalue weighted by Gasteiger charge is -2.23. The Morgan fingerprint density at radius 3 is 2.67 bits per heavy atom. The van der Waals surface area contributed by atoms with Crippen molar-refractivity contribution in [3.05, 3.63) is 0 Å². The number of hydrogen-bond acceptors (Lipinski definition) is 1. The molecular formula is C11H22O. The molecule has 0 amide bonds. The summed E-state index contributed by atoms with van der Waals surface area (Å²) in [5.74, 6) is 0.843. The molecular weight excluding hydrogens is 148 g/mol. The van der Waals surface area contributed by atoms with Crippen LogP contribution in [-0.4, -0.2) is 12.2 Å². The molecule has 0 aromatic heterocycles. The van der Waals surface area contributed by atoms with Crippen molar-refractivity contribution in [2.45, 2.75) is 58.5 Å². The van der Waals surface area contributed by atoms with Crippen LogP contribution < -0.4 is 0 Å². The van der Waals surface area contributed by atoms with Gasteiger partial charge in [0, 0.05) is 6.61 Å². The van der Waals surface area contributed by atoms with E-state index >= 15 is 0 Å². The van der Waals surface area contributed by atoms with Gasteiger partial charge >= 0.3 is 0 Å². The summed E-state index contributed by atoms with van der Waals surface area (Å²) >= 11 is 0. The number of ether oxygens (including phenoxy) is 1. The van der Waals surface area contributed by atoms with Gasteiger partial charge in [0.15, 0.2) is 0 Å². The van der Waals surface area contributed by atoms with Crippen LogP contribution in [0.25, 0.3) is 0 Å². The Balaban J connectivity index is 2.13. The highest BCUT2D eigenvalue weighted by Crippen LogP contribution is 2.30. The fourth-order valence-corrected chi connectivity index (χ4v) is 1.92. The van der Waals surface area contributed by atoms with Gasteiger partial charge in [-0.25, -0.2) is 0 Å². The fraction of sp³-hybridized carbons (Fsp3) is 1.00. The molecule has 1 heteroatoms. The maximum absolute atomic E-state index is 5.72. The van der Waals surface area contributed by atoms with Crippen molar-refractivity contribution in [3.63, 3.8) is 0 Å². The molecule has 12 heavy (non-hydrogen) atoms. The van der Waals surface area contributed by atoms with Crippen LogP contribution in [0.4, 0.5) is 0 Å². The smallest absolute Gasteiger partial charge is 0.0655 e. The van der Waals surface area contributed by atoms with Crippen LogP contribution in [0.1, 0.15) is 52.9 Å². The minimum Gasteiger partial charge on any atom is -0.375 e. The normalized spacial score (nSPS) is 30.0. The van der Waals surface area contributed by atoms with Crippen molar-refractivity contribution < 1.29 is 4.74 Å². The maximum atomic E-state index is 5.72. The zero-order chi connectivity index (χ0) is 9.03. The van der Waals surface area contributed by atoms with Crippen LogP contribution in [-0.2, 0) is 4.74 Å². The molecule has 1 heterocycles. The van der Waals surface area contributed by atoms with E-state index in [1.54, 1.807) is 0 Å². The van der Waals surface area contributed by atoms with Gasteiger partial charge in [0.05, 0.1) is 5.60 Å². The Morgan fingerprint density at radius 2 is 2.17 bits per heavy atom. The molecule has 0 spiro atoms. The molecule has 1 atom stereocenters. The molecule has 0 aromatic carbocycles. The van der Waals surface area contributed by atoms with Gasteiger partial charge in [-0.1, -0.05) is 26.7 Å². The van der Waals surface area contributed by atoms with E-state index < -0.39 is 0 Å². The lowest BCUT2D eigenvalue weighted by atomic mass is 9.93. The molecule has 1 rings (SSSR count). The zero-order valence-electron chi connectivity index (χ0n) is 8.73. The van der Waals surface area contributed by atoms with Crippen LogP contribution in [0.5, 0.6) is 0 Å². The Bertz CT molecular complexity index is 123. The highest BCUT2D eigenvalue weighted by molar-refractivity contribution is 4.79. The predicted octanol–water partition coefficient (Wildman–Crippen LogP) is 3.38. The van der Waals surface area contributed by atoms with Gasteiger partial charge in [-0.15, -0.1) is 0 Å². The highest BCUT2D eigenvalue weighted by atomic mass is 16.5. The van der Waals surface area contributed by atoms with Crippen LogP contribution in [0, 0.1) is 5.92 Å². The minimum atomic E-state index is 0.231. The summed E-state index contributed by atoms with van der Waals surface area (Å²) in [6, 6.07) is 0. The van der Waals surface area contributed by atoms with Gasteiger partial charge in [0.25, 0.3) is 0 Å². The van der Waals surface area contributed by atoms with E-state index in [1.807, 2.05) is 0 Å². The summed E-state index contributed by atoms with van der Waals surface area (Å²) < 4.78 is 5.72. The van der Waals surface area contributed by atoms with Crippen LogP contribution in [0.2, 0.25) is 0 Å². The molecule has 0 aliphatic carbocycles. The van der Waals surface area contributed by atoms with Gasteiger partial charge in [0.1, 0.15) is 0 Å². The van der Waals surface area contributed by atoms with Gasteiger partial charge < -0.3 is 4.74 Å². The second kappa shape index (κ2) is 4.27. The highest BCUT2D eigenvalue weighted by Gasteiger charge is 2.28. The van der Waals surface area contributed by atoms with Crippen molar-refractivity contribution in [3.8, 4) is 0 Å². The molecule has 0 N–H and O–H groups in total. The van der Waals surface area contributed by atoms with Crippen LogP contribution in [0.3, 0.4) is 0 Å². The number of rotatable bonds is 4. The predicted molar refractivity (Wildman–Crippen MR) is 52.3 cm³/mol. The first kappa shape index (κ1) is 10.0. The van der Waals surface area contributed by atoms with Crippen molar-refractivity contribution in [1.29, 1.82) is 0 Å². The van der Waals surface area contributed by atoms with E-state index in [0.29, 0.717) is 0 Å². The standard InChI is InChI=1S/C11H22O/c1-10(2)6-4-7-11(3)8-5-9-12-11/h10H,4-9H2,1-3H3. The molecule has 0 saturated carbocycles. The average molecular weight is 170 g/mol. The van der Waals surface area contributed by atoms with Crippen molar-refractivity contribution >= 4 is 0 Å². The first-order valence-electron chi connectivity index (χ1n) is 5.26. The molecule has 0 aromatic rings. The third-order valence-corrected chi connectivity index (χ3v) is 2.79. The summed E-state index contributed by atoms with van der Waals surface area (Å²) in [6.07, 6.45) is 6.46. The Labute approximate surface area is 76.5 Å². The first-order chi connectivity index (χ1) is 5.62. The lowest BCUT2D eigenvalue weighted by molar-refractivity contribution is 0.0108. The molecule has 72 valence electrons. The SMILES string of the molecule is CC(C)CCCC1(C)CCCO1. The van der Waals surface area contributed by atoms with E-state index in [-0.39, 0.29) is 5.60 Å². The quantitative estimate of drug-likeness (QED) is 0.628. The molecule has 1 unspecified atom stereocenters. The van der Waals surface area contributed by atoms with E-state index in [9.17, 15) is 0 Å². The second-order valence-corrected chi connectivity index (χ2v) is 4.69. The first-order valence-corrected chi connectivity index (χ1v) is 5.26. The fourth-order valence-electron chi connectivity index (χ4n) is 1.92. The second-order valence-electron chi connectivity index (χ2n) is 4.69. The third kappa shape index (κ3) is 3.14. The summed E-state index contributed by atoms with van der Waals surface area (Å²) in [5.41, 5.74) is 0.231. The molecule has 1 aliphatic heterocycles.